The number of hydrogen-bond donors (Lipinski definition) is 0. The van der Waals surface area contributed by atoms with E-state index in [1.807, 2.05) is 11.4 Å². The molecule has 184 valence electrons. The molecule has 1 atom stereocenters. The van der Waals surface area contributed by atoms with Crippen LogP contribution in [-0.4, -0.2) is 59.0 Å². The van der Waals surface area contributed by atoms with Gasteiger partial charge in [-0.05, 0) is 36.4 Å². The number of benzene rings is 1. The van der Waals surface area contributed by atoms with Gasteiger partial charge in [-0.15, -0.1) is 31.7 Å². The topological polar surface area (TPSA) is 107 Å². The molecule has 0 aliphatic carbocycles. The average Bonchev–Trinajstić information content (AvgIpc) is 3.69. The summed E-state index contributed by atoms with van der Waals surface area (Å²) in [5.41, 5.74) is 0.671. The van der Waals surface area contributed by atoms with Crippen LogP contribution in [0.3, 0.4) is 0 Å². The first-order valence-electron chi connectivity index (χ1n) is 11.0. The molecule has 35 heavy (non-hydrogen) atoms. The normalized spacial score (nSPS) is 15.5. The van der Waals surface area contributed by atoms with E-state index in [1.54, 1.807) is 44.8 Å². The molecule has 1 aliphatic rings. The molecule has 3 aromatic heterocycles. The van der Waals surface area contributed by atoms with Gasteiger partial charge in [0.2, 0.25) is 17.5 Å². The standard InChI is InChI=1S/C23H25N5O5S2/c1-29-16-10-14(11-17(30-2)20(16)31-3)22-26-24-19(33-22)13-35-23-27-25-21(18-7-5-9-34-18)28(23)12-15-6-4-8-32-15/h5,7,9-11,15H,4,6,8,12-13H2,1-3H3. The summed E-state index contributed by atoms with van der Waals surface area (Å²) in [6.45, 7) is 1.51. The van der Waals surface area contributed by atoms with Gasteiger partial charge < -0.3 is 23.4 Å². The van der Waals surface area contributed by atoms with Crippen molar-refractivity contribution in [1.29, 1.82) is 0 Å². The lowest BCUT2D eigenvalue weighted by molar-refractivity contribution is 0.0953. The Balaban J connectivity index is 1.35. The van der Waals surface area contributed by atoms with Crippen LogP contribution in [-0.2, 0) is 17.0 Å². The molecule has 12 heteroatoms. The first-order chi connectivity index (χ1) is 17.2. The van der Waals surface area contributed by atoms with Gasteiger partial charge in [-0.25, -0.2) is 0 Å². The maximum atomic E-state index is 5.94. The maximum absolute atomic E-state index is 5.94. The zero-order valence-corrected chi connectivity index (χ0v) is 21.2. The number of aromatic nitrogens is 5. The van der Waals surface area contributed by atoms with Crippen molar-refractivity contribution in [2.24, 2.45) is 0 Å². The van der Waals surface area contributed by atoms with Crippen molar-refractivity contribution in [2.75, 3.05) is 27.9 Å². The maximum Gasteiger partial charge on any atom is 0.248 e. The van der Waals surface area contributed by atoms with Crippen molar-refractivity contribution >= 4 is 23.1 Å². The lowest BCUT2D eigenvalue weighted by Crippen LogP contribution is -2.16. The van der Waals surface area contributed by atoms with Gasteiger partial charge in [-0.2, -0.15) is 0 Å². The third-order valence-corrected chi connectivity index (χ3v) is 7.39. The molecule has 1 fully saturated rings. The predicted molar refractivity (Wildman–Crippen MR) is 131 cm³/mol. The fourth-order valence-corrected chi connectivity index (χ4v) is 5.40. The van der Waals surface area contributed by atoms with Crippen LogP contribution in [0.15, 0.2) is 39.2 Å². The number of thioether (sulfide) groups is 1. The van der Waals surface area contributed by atoms with Gasteiger partial charge in [0, 0.05) is 12.2 Å². The summed E-state index contributed by atoms with van der Waals surface area (Å²) in [4.78, 5) is 1.07. The zero-order chi connectivity index (χ0) is 24.2. The summed E-state index contributed by atoms with van der Waals surface area (Å²) in [7, 11) is 4.69. The molecule has 0 spiro atoms. The second-order valence-electron chi connectivity index (χ2n) is 7.73. The largest absolute Gasteiger partial charge is 0.493 e. The Morgan fingerprint density at radius 2 is 1.91 bits per heavy atom. The highest BCUT2D eigenvalue weighted by molar-refractivity contribution is 7.98. The molecule has 0 saturated carbocycles. The third kappa shape index (κ3) is 5.00. The number of rotatable bonds is 10. The van der Waals surface area contributed by atoms with Crippen molar-refractivity contribution < 1.29 is 23.4 Å². The molecule has 0 amide bonds. The number of hydrogen-bond acceptors (Lipinski definition) is 11. The zero-order valence-electron chi connectivity index (χ0n) is 19.6. The van der Waals surface area contributed by atoms with Crippen LogP contribution < -0.4 is 14.2 Å². The summed E-state index contributed by atoms with van der Waals surface area (Å²) in [6, 6.07) is 7.62. The Hall–Kier alpha value is -3.09. The van der Waals surface area contributed by atoms with E-state index in [1.165, 1.54) is 11.8 Å². The highest BCUT2D eigenvalue weighted by Gasteiger charge is 2.23. The molecule has 0 N–H and O–H groups in total. The molecule has 1 unspecified atom stereocenters. The molecule has 4 aromatic rings. The molecule has 0 bridgehead atoms. The Morgan fingerprint density at radius 1 is 1.09 bits per heavy atom. The van der Waals surface area contributed by atoms with Gasteiger partial charge in [0.05, 0.1) is 44.6 Å². The van der Waals surface area contributed by atoms with E-state index in [4.69, 9.17) is 23.4 Å². The molecule has 0 radical (unpaired) electrons. The van der Waals surface area contributed by atoms with Crippen LogP contribution in [0, 0.1) is 0 Å². The lowest BCUT2D eigenvalue weighted by Gasteiger charge is -2.13. The minimum Gasteiger partial charge on any atom is -0.493 e. The number of ether oxygens (including phenoxy) is 4. The van der Waals surface area contributed by atoms with Crippen LogP contribution in [0.2, 0.25) is 0 Å². The molecule has 5 rings (SSSR count). The molecule has 4 heterocycles. The van der Waals surface area contributed by atoms with E-state index in [-0.39, 0.29) is 6.10 Å². The Labute approximate surface area is 210 Å². The number of thiophene rings is 1. The minimum absolute atomic E-state index is 0.166. The van der Waals surface area contributed by atoms with Crippen LogP contribution in [0.25, 0.3) is 22.2 Å². The fraction of sp³-hybridized carbons (Fsp3) is 0.391. The highest BCUT2D eigenvalue weighted by Crippen LogP contribution is 2.41. The SMILES string of the molecule is COc1cc(-c2nnc(CSc3nnc(-c4cccs4)n3CC3CCCO3)o2)cc(OC)c1OC. The highest BCUT2D eigenvalue weighted by atomic mass is 32.2. The summed E-state index contributed by atoms with van der Waals surface area (Å²) in [5, 5.41) is 20.2. The first kappa shape index (κ1) is 23.6. The molecule has 1 aliphatic heterocycles. The van der Waals surface area contributed by atoms with Crippen molar-refractivity contribution in [1.82, 2.24) is 25.0 Å². The fourth-order valence-electron chi connectivity index (χ4n) is 3.90. The molecule has 10 nitrogen and oxygen atoms in total. The Morgan fingerprint density at radius 3 is 2.57 bits per heavy atom. The molecule has 1 aromatic carbocycles. The summed E-state index contributed by atoms with van der Waals surface area (Å²) >= 11 is 3.15. The van der Waals surface area contributed by atoms with Crippen LogP contribution in [0.1, 0.15) is 18.7 Å². The third-order valence-electron chi connectivity index (χ3n) is 5.57. The quantitative estimate of drug-likeness (QED) is 0.279. The Kier molecular flexibility index (Phi) is 7.21. The van der Waals surface area contributed by atoms with Crippen molar-refractivity contribution in [3.63, 3.8) is 0 Å². The van der Waals surface area contributed by atoms with Gasteiger partial charge in [0.15, 0.2) is 22.5 Å². The van der Waals surface area contributed by atoms with Crippen molar-refractivity contribution in [3.05, 3.63) is 35.5 Å². The van der Waals surface area contributed by atoms with E-state index in [0.29, 0.717) is 46.9 Å². The molecular formula is C23H25N5O5S2. The second-order valence-corrected chi connectivity index (χ2v) is 9.62. The van der Waals surface area contributed by atoms with E-state index in [9.17, 15) is 0 Å². The van der Waals surface area contributed by atoms with E-state index in [2.05, 4.69) is 31.0 Å². The van der Waals surface area contributed by atoms with Crippen molar-refractivity contribution in [2.45, 2.75) is 36.4 Å². The van der Waals surface area contributed by atoms with Gasteiger partial charge in [0.25, 0.3) is 0 Å². The smallest absolute Gasteiger partial charge is 0.248 e. The lowest BCUT2D eigenvalue weighted by atomic mass is 10.2. The summed E-state index contributed by atoms with van der Waals surface area (Å²) < 4.78 is 30.2. The average molecular weight is 516 g/mol. The van der Waals surface area contributed by atoms with E-state index < -0.39 is 0 Å². The minimum atomic E-state index is 0.166. The first-order valence-corrected chi connectivity index (χ1v) is 12.9. The van der Waals surface area contributed by atoms with Gasteiger partial charge in [0.1, 0.15) is 0 Å². The van der Waals surface area contributed by atoms with Crippen LogP contribution in [0.4, 0.5) is 0 Å². The summed E-state index contributed by atoms with van der Waals surface area (Å²) in [5.74, 6) is 3.66. The van der Waals surface area contributed by atoms with E-state index in [0.717, 1.165) is 35.3 Å². The van der Waals surface area contributed by atoms with Crippen LogP contribution >= 0.6 is 23.1 Å². The second kappa shape index (κ2) is 10.7. The summed E-state index contributed by atoms with van der Waals surface area (Å²) in [6.07, 6.45) is 2.28. The van der Waals surface area contributed by atoms with Crippen LogP contribution in [0.5, 0.6) is 17.2 Å². The predicted octanol–water partition coefficient (Wildman–Crippen LogP) is 4.55. The number of methoxy groups -OCH3 is 3. The molecule has 1 saturated heterocycles. The number of nitrogens with zero attached hydrogens (tertiary/aromatic N) is 5. The van der Waals surface area contributed by atoms with Crippen molar-refractivity contribution in [3.8, 4) is 39.4 Å². The van der Waals surface area contributed by atoms with Gasteiger partial charge in [-0.1, -0.05) is 17.8 Å². The van der Waals surface area contributed by atoms with Gasteiger partial charge in [-0.3, -0.25) is 4.57 Å². The molecular weight excluding hydrogens is 490 g/mol. The Bertz CT molecular complexity index is 1240. The van der Waals surface area contributed by atoms with Gasteiger partial charge >= 0.3 is 0 Å². The monoisotopic (exact) mass is 515 g/mol. The van der Waals surface area contributed by atoms with E-state index >= 15 is 0 Å².